The Labute approximate surface area is 397 Å². The summed E-state index contributed by atoms with van der Waals surface area (Å²) in [5.41, 5.74) is 18.2. The van der Waals surface area contributed by atoms with Crippen molar-refractivity contribution in [2.24, 2.45) is 0 Å². The lowest BCUT2D eigenvalue weighted by Gasteiger charge is -2.26. The third-order valence-corrected chi connectivity index (χ3v) is 13.6. The van der Waals surface area contributed by atoms with Crippen molar-refractivity contribution in [2.45, 2.75) is 92.4 Å². The predicted molar refractivity (Wildman–Crippen MR) is 284 cm³/mol. The van der Waals surface area contributed by atoms with E-state index in [0.717, 1.165) is 45.0 Å². The minimum absolute atomic E-state index is 0.0146. The fourth-order valence-corrected chi connectivity index (χ4v) is 9.83. The predicted octanol–water partition coefficient (Wildman–Crippen LogP) is 17.1. The molecular weight excluding hydrogens is 817 g/mol. The molecule has 0 saturated carbocycles. The first kappa shape index (κ1) is 43.8. The fraction of sp³-hybridized carbons (Fsp3) is 0.242. The quantitative estimate of drug-likeness (QED) is 0.160. The molecule has 0 amide bonds. The number of nitrogens with zero attached hydrogens (tertiary/aromatic N) is 4. The molecule has 336 valence electrons. The number of para-hydroxylation sites is 1. The molecule has 0 N–H and O–H groups in total. The smallest absolute Gasteiger partial charge is 0.138 e. The van der Waals surface area contributed by atoms with Crippen LogP contribution in [0.5, 0.6) is 11.5 Å². The number of aryl methyl sites for hydroxylation is 2. The number of hydrogen-bond donors (Lipinski definition) is 0. The highest BCUT2D eigenvalue weighted by Gasteiger charge is 2.31. The van der Waals surface area contributed by atoms with Crippen LogP contribution < -0.4 is 14.5 Å². The van der Waals surface area contributed by atoms with Crippen molar-refractivity contribution >= 4 is 44.6 Å². The molecule has 7 aromatic carbocycles. The van der Waals surface area contributed by atoms with Gasteiger partial charge >= 0.3 is 0 Å². The van der Waals surface area contributed by atoms with Crippen LogP contribution in [0.2, 0.25) is 0 Å². The van der Waals surface area contributed by atoms with Gasteiger partial charge in [0.1, 0.15) is 24.0 Å². The molecule has 0 fully saturated rings. The van der Waals surface area contributed by atoms with Crippen LogP contribution in [0, 0.1) is 13.8 Å². The van der Waals surface area contributed by atoms with Crippen LogP contribution in [-0.2, 0) is 16.2 Å². The van der Waals surface area contributed by atoms with Gasteiger partial charge in [0, 0.05) is 40.5 Å². The van der Waals surface area contributed by atoms with E-state index in [1.54, 1.807) is 0 Å². The van der Waals surface area contributed by atoms with E-state index < -0.39 is 0 Å². The first-order chi connectivity index (χ1) is 31.9. The number of fused-ring (bicyclic) bond motifs is 4. The number of hydrogen-bond acceptors (Lipinski definition) is 4. The lowest BCUT2D eigenvalue weighted by atomic mass is 9.83. The highest BCUT2D eigenvalue weighted by atomic mass is 16.5. The van der Waals surface area contributed by atoms with Gasteiger partial charge in [-0.2, -0.15) is 0 Å². The van der Waals surface area contributed by atoms with Gasteiger partial charge in [0.2, 0.25) is 0 Å². The third kappa shape index (κ3) is 8.26. The standard InChI is InChI=1S/C62H62N4O/c1-40-30-46(61(6,7)8)31-41(2)59(40)43-28-29-63-58(34-43)66-54-23-16-15-22-52(54)53-26-25-51(38-56(53)66)67-50-21-17-20-48(37-50)64-39-65(55-27-24-45(36-57(55)64)60(3,4)5)49-33-44(42-18-13-12-14-19-42)32-47(35-49)62(9,10)11/h12-38H,39H2,1-11H3. The molecule has 9 aromatic rings. The molecule has 5 nitrogen and oxygen atoms in total. The number of benzene rings is 7. The molecule has 0 atom stereocenters. The Hall–Kier alpha value is -7.11. The minimum atomic E-state index is -0.0291. The van der Waals surface area contributed by atoms with Gasteiger partial charge in [-0.25, -0.2) is 4.98 Å². The maximum Gasteiger partial charge on any atom is 0.138 e. The molecule has 1 aliphatic heterocycles. The number of aromatic nitrogens is 2. The van der Waals surface area contributed by atoms with Crippen molar-refractivity contribution in [3.8, 4) is 39.6 Å². The van der Waals surface area contributed by atoms with E-state index in [-0.39, 0.29) is 16.2 Å². The highest BCUT2D eigenvalue weighted by molar-refractivity contribution is 6.09. The van der Waals surface area contributed by atoms with Crippen molar-refractivity contribution < 1.29 is 4.74 Å². The summed E-state index contributed by atoms with van der Waals surface area (Å²) in [5, 5.41) is 2.33. The molecule has 0 spiro atoms. The van der Waals surface area contributed by atoms with Gasteiger partial charge in [-0.05, 0) is 147 Å². The molecule has 67 heavy (non-hydrogen) atoms. The maximum absolute atomic E-state index is 6.86. The SMILES string of the molecule is Cc1cc(C(C)(C)C)cc(C)c1-c1ccnc(-n2c3ccccc3c3ccc(Oc4cccc(N5CN(c6cc(-c7ccccc7)cc(C(C)(C)C)c6)c6ccc(C(C)(C)C)cc65)c4)cc32)c1. The summed E-state index contributed by atoms with van der Waals surface area (Å²) in [6.45, 7) is 25.7. The summed E-state index contributed by atoms with van der Waals surface area (Å²) in [7, 11) is 0. The van der Waals surface area contributed by atoms with Crippen molar-refractivity contribution in [2.75, 3.05) is 16.5 Å². The minimum Gasteiger partial charge on any atom is -0.457 e. The lowest BCUT2D eigenvalue weighted by Crippen LogP contribution is -2.24. The van der Waals surface area contributed by atoms with E-state index in [0.29, 0.717) is 6.67 Å². The van der Waals surface area contributed by atoms with Gasteiger partial charge in [-0.15, -0.1) is 0 Å². The first-order valence-corrected chi connectivity index (χ1v) is 23.7. The summed E-state index contributed by atoms with van der Waals surface area (Å²) in [6, 6.07) is 57.5. The molecule has 0 unspecified atom stereocenters. The summed E-state index contributed by atoms with van der Waals surface area (Å²) >= 11 is 0. The van der Waals surface area contributed by atoms with Gasteiger partial charge < -0.3 is 14.5 Å². The molecule has 1 aliphatic rings. The van der Waals surface area contributed by atoms with Crippen LogP contribution in [0.15, 0.2) is 164 Å². The Morgan fingerprint density at radius 3 is 1.84 bits per heavy atom. The third-order valence-electron chi connectivity index (χ3n) is 13.6. The Morgan fingerprint density at radius 2 is 1.10 bits per heavy atom. The van der Waals surface area contributed by atoms with Crippen molar-refractivity contribution in [3.05, 3.63) is 192 Å². The molecule has 0 bridgehead atoms. The van der Waals surface area contributed by atoms with E-state index in [9.17, 15) is 0 Å². The van der Waals surface area contributed by atoms with E-state index in [1.807, 2.05) is 6.20 Å². The molecule has 0 aliphatic carbocycles. The van der Waals surface area contributed by atoms with E-state index in [2.05, 4.69) is 248 Å². The topological polar surface area (TPSA) is 33.5 Å². The lowest BCUT2D eigenvalue weighted by molar-refractivity contribution is 0.483. The molecule has 5 heteroatoms. The number of ether oxygens (including phenoxy) is 1. The summed E-state index contributed by atoms with van der Waals surface area (Å²) in [4.78, 5) is 9.91. The maximum atomic E-state index is 6.86. The zero-order valence-electron chi connectivity index (χ0n) is 41.0. The molecule has 2 aromatic heterocycles. The average molecular weight is 879 g/mol. The van der Waals surface area contributed by atoms with Crippen molar-refractivity contribution in [3.63, 3.8) is 0 Å². The van der Waals surface area contributed by atoms with Gasteiger partial charge in [0.05, 0.1) is 22.4 Å². The van der Waals surface area contributed by atoms with Crippen LogP contribution >= 0.6 is 0 Å². The van der Waals surface area contributed by atoms with E-state index in [4.69, 9.17) is 9.72 Å². The summed E-state index contributed by atoms with van der Waals surface area (Å²) in [5.74, 6) is 2.41. The van der Waals surface area contributed by atoms with Gasteiger partial charge in [-0.1, -0.05) is 141 Å². The second-order valence-electron chi connectivity index (χ2n) is 21.6. The van der Waals surface area contributed by atoms with Gasteiger partial charge in [0.25, 0.3) is 0 Å². The van der Waals surface area contributed by atoms with Gasteiger partial charge in [0.15, 0.2) is 0 Å². The number of pyridine rings is 1. The van der Waals surface area contributed by atoms with Crippen molar-refractivity contribution in [1.29, 1.82) is 0 Å². The van der Waals surface area contributed by atoms with Crippen LogP contribution in [0.25, 0.3) is 49.9 Å². The van der Waals surface area contributed by atoms with Crippen LogP contribution in [0.3, 0.4) is 0 Å². The van der Waals surface area contributed by atoms with Crippen molar-refractivity contribution in [1.82, 2.24) is 9.55 Å². The van der Waals surface area contributed by atoms with E-state index >= 15 is 0 Å². The second kappa shape index (κ2) is 16.3. The second-order valence-corrected chi connectivity index (χ2v) is 21.6. The van der Waals surface area contributed by atoms with Crippen LogP contribution in [0.4, 0.5) is 22.7 Å². The Balaban J connectivity index is 1.03. The zero-order valence-corrected chi connectivity index (χ0v) is 41.0. The van der Waals surface area contributed by atoms with Crippen LogP contribution in [0.1, 0.15) is 90.1 Å². The van der Waals surface area contributed by atoms with Crippen LogP contribution in [-0.4, -0.2) is 16.2 Å². The normalized spacial score (nSPS) is 13.2. The summed E-state index contributed by atoms with van der Waals surface area (Å²) < 4.78 is 9.14. The highest BCUT2D eigenvalue weighted by Crippen LogP contribution is 2.48. The van der Waals surface area contributed by atoms with Gasteiger partial charge in [-0.3, -0.25) is 4.57 Å². The molecule has 3 heterocycles. The molecule has 0 radical (unpaired) electrons. The Morgan fingerprint density at radius 1 is 0.448 bits per heavy atom. The Bertz CT molecular complexity index is 3320. The molecular formula is C62H62N4O. The Kier molecular flexibility index (Phi) is 10.7. The average Bonchev–Trinajstić information content (AvgIpc) is 3.84. The number of rotatable bonds is 7. The molecule has 10 rings (SSSR count). The van der Waals surface area contributed by atoms with E-state index in [1.165, 1.54) is 67.0 Å². The largest absolute Gasteiger partial charge is 0.457 e. The zero-order chi connectivity index (χ0) is 47.0. The monoisotopic (exact) mass is 878 g/mol. The summed E-state index contributed by atoms with van der Waals surface area (Å²) in [6.07, 6.45) is 1.94. The fourth-order valence-electron chi connectivity index (χ4n) is 9.83. The first-order valence-electron chi connectivity index (χ1n) is 23.7. The number of anilines is 4. The molecule has 0 saturated heterocycles.